The number of hydrogen-bond acceptors (Lipinski definition) is 1. The van der Waals surface area contributed by atoms with Gasteiger partial charge < -0.3 is 4.57 Å². The molecule has 0 saturated carbocycles. The molecule has 0 saturated heterocycles. The van der Waals surface area contributed by atoms with Crippen LogP contribution in [-0.4, -0.2) is 10.9 Å². The van der Waals surface area contributed by atoms with Gasteiger partial charge in [0, 0.05) is 28.7 Å². The second kappa shape index (κ2) is 5.32. The molecule has 2 nitrogen and oxygen atoms in total. The highest BCUT2D eigenvalue weighted by Crippen LogP contribution is 2.36. The van der Waals surface area contributed by atoms with Crippen LogP contribution in [0.5, 0.6) is 0 Å². The molecule has 1 aromatic heterocycles. The molecule has 114 valence electrons. The van der Waals surface area contributed by atoms with Crippen LogP contribution in [0.4, 0.5) is 13.2 Å². The van der Waals surface area contributed by atoms with Crippen molar-refractivity contribution in [2.45, 2.75) is 19.0 Å². The van der Waals surface area contributed by atoms with Crippen molar-refractivity contribution < 1.29 is 18.0 Å². The summed E-state index contributed by atoms with van der Waals surface area (Å²) in [5, 5.41) is 0.377. The maximum Gasteiger partial charge on any atom is 0.416 e. The maximum atomic E-state index is 12.8. The van der Waals surface area contributed by atoms with Crippen molar-refractivity contribution in [3.63, 3.8) is 0 Å². The van der Waals surface area contributed by atoms with E-state index in [2.05, 4.69) is 0 Å². The van der Waals surface area contributed by atoms with Crippen LogP contribution >= 0.6 is 11.6 Å². The van der Waals surface area contributed by atoms with E-state index in [1.54, 1.807) is 22.9 Å². The van der Waals surface area contributed by atoms with Gasteiger partial charge in [0.15, 0.2) is 0 Å². The highest BCUT2D eigenvalue weighted by Gasteiger charge is 2.31. The van der Waals surface area contributed by atoms with Crippen molar-refractivity contribution in [2.24, 2.45) is 0 Å². The van der Waals surface area contributed by atoms with Gasteiger partial charge in [-0.2, -0.15) is 13.2 Å². The van der Waals surface area contributed by atoms with Gasteiger partial charge >= 0.3 is 6.18 Å². The van der Waals surface area contributed by atoms with E-state index in [-0.39, 0.29) is 0 Å². The molecule has 6 heteroatoms. The lowest BCUT2D eigenvalue weighted by molar-refractivity contribution is -0.137. The fourth-order valence-corrected chi connectivity index (χ4v) is 2.95. The second-order valence-corrected chi connectivity index (χ2v) is 5.43. The highest BCUT2D eigenvalue weighted by atomic mass is 35.5. The fourth-order valence-electron chi connectivity index (χ4n) is 2.64. The predicted octanol–water partition coefficient (Wildman–Crippen LogP) is 4.59. The summed E-state index contributed by atoms with van der Waals surface area (Å²) in [7, 11) is 0. The minimum atomic E-state index is -4.38. The van der Waals surface area contributed by atoms with Crippen LogP contribution < -0.4 is 0 Å². The van der Waals surface area contributed by atoms with Gasteiger partial charge in [-0.25, -0.2) is 0 Å². The van der Waals surface area contributed by atoms with Crippen LogP contribution in [0.1, 0.15) is 23.2 Å². The summed E-state index contributed by atoms with van der Waals surface area (Å²) in [6.07, 6.45) is -0.935. The number of aromatic nitrogens is 1. The van der Waals surface area contributed by atoms with Gasteiger partial charge in [0.1, 0.15) is 6.29 Å². The van der Waals surface area contributed by atoms with Crippen molar-refractivity contribution >= 4 is 22.9 Å². The number of halogens is 4. The fraction of sp³-hybridized carbons (Fsp3) is 0.188. The normalized spacial score (nSPS) is 14.9. The molecule has 1 aliphatic rings. The monoisotopic (exact) mass is 325 g/mol. The Morgan fingerprint density at radius 3 is 2.64 bits per heavy atom. The molecule has 3 rings (SSSR count). The van der Waals surface area contributed by atoms with Crippen LogP contribution in [0, 0.1) is 0 Å². The zero-order valence-electron chi connectivity index (χ0n) is 11.3. The van der Waals surface area contributed by atoms with Gasteiger partial charge in [-0.15, -0.1) is 0 Å². The number of benzene rings is 1. The second-order valence-electron chi connectivity index (χ2n) is 5.05. The van der Waals surface area contributed by atoms with E-state index in [0.717, 1.165) is 24.1 Å². The first kappa shape index (κ1) is 14.9. The number of allylic oxidation sites excluding steroid dienone is 1. The molecule has 0 radical (unpaired) electrons. The lowest BCUT2D eigenvalue weighted by atomic mass is 9.98. The molecule has 0 atom stereocenters. The van der Waals surface area contributed by atoms with Gasteiger partial charge in [-0.05, 0) is 37.1 Å². The summed E-state index contributed by atoms with van der Waals surface area (Å²) in [5.41, 5.74) is 1.77. The molecule has 0 amide bonds. The molecule has 1 aromatic carbocycles. The van der Waals surface area contributed by atoms with Crippen LogP contribution in [0.3, 0.4) is 0 Å². The van der Waals surface area contributed by atoms with E-state index in [4.69, 9.17) is 11.6 Å². The summed E-state index contributed by atoms with van der Waals surface area (Å²) in [4.78, 5) is 10.9. The number of nitrogens with zero attached hydrogens (tertiary/aromatic N) is 1. The largest absolute Gasteiger partial charge is 0.416 e. The molecule has 0 unspecified atom stereocenters. The van der Waals surface area contributed by atoms with Gasteiger partial charge in [-0.3, -0.25) is 4.79 Å². The van der Waals surface area contributed by atoms with Crippen molar-refractivity contribution in [1.82, 2.24) is 4.57 Å². The summed E-state index contributed by atoms with van der Waals surface area (Å²) in [6, 6.07) is 6.86. The van der Waals surface area contributed by atoms with Crippen molar-refractivity contribution in [3.8, 4) is 5.69 Å². The van der Waals surface area contributed by atoms with E-state index in [1.807, 2.05) is 0 Å². The Morgan fingerprint density at radius 1 is 1.18 bits per heavy atom. The van der Waals surface area contributed by atoms with E-state index in [1.165, 1.54) is 6.07 Å². The van der Waals surface area contributed by atoms with Gasteiger partial charge in [-0.1, -0.05) is 17.7 Å². The summed E-state index contributed by atoms with van der Waals surface area (Å²) < 4.78 is 40.2. The molecule has 0 bridgehead atoms. The Kier molecular flexibility index (Phi) is 3.60. The topological polar surface area (TPSA) is 22.0 Å². The maximum absolute atomic E-state index is 12.8. The lowest BCUT2D eigenvalue weighted by Crippen LogP contribution is -2.09. The molecule has 0 aliphatic heterocycles. The summed E-state index contributed by atoms with van der Waals surface area (Å²) in [6.45, 7) is 0. The molecule has 0 fully saturated rings. The Morgan fingerprint density at radius 2 is 1.95 bits per heavy atom. The molecule has 1 aliphatic carbocycles. The smallest absolute Gasteiger partial charge is 0.320 e. The zero-order valence-corrected chi connectivity index (χ0v) is 12.1. The molecule has 0 spiro atoms. The van der Waals surface area contributed by atoms with Crippen molar-refractivity contribution in [1.29, 1.82) is 0 Å². The van der Waals surface area contributed by atoms with E-state index < -0.39 is 11.7 Å². The number of fused-ring (bicyclic) bond motifs is 1. The Bertz CT molecular complexity index is 774. The predicted molar refractivity (Wildman–Crippen MR) is 77.9 cm³/mol. The molecular weight excluding hydrogens is 315 g/mol. The first-order valence-electron chi connectivity index (χ1n) is 6.64. The van der Waals surface area contributed by atoms with Crippen LogP contribution in [0.25, 0.3) is 10.7 Å². The minimum Gasteiger partial charge on any atom is -0.320 e. The number of rotatable bonds is 2. The Balaban J connectivity index is 2.10. The third-order valence-corrected chi connectivity index (χ3v) is 4.18. The van der Waals surface area contributed by atoms with Gasteiger partial charge in [0.2, 0.25) is 0 Å². The number of hydrogen-bond donors (Lipinski definition) is 0. The van der Waals surface area contributed by atoms with E-state index >= 15 is 0 Å². The Hall–Kier alpha value is -2.01. The number of carbonyl (C=O) groups is 1. The quantitative estimate of drug-likeness (QED) is 0.740. The number of aldehydes is 1. The van der Waals surface area contributed by atoms with Crippen molar-refractivity contribution in [3.05, 3.63) is 58.9 Å². The first-order chi connectivity index (χ1) is 10.4. The number of carbonyl (C=O) groups excluding carboxylic acids is 1. The average molecular weight is 326 g/mol. The molecular formula is C16H11ClF3NO. The summed E-state index contributed by atoms with van der Waals surface area (Å²) in [5.74, 6) is 0. The van der Waals surface area contributed by atoms with E-state index in [9.17, 15) is 18.0 Å². The Labute approximate surface area is 129 Å². The SMILES string of the molecule is O=CC1=C(Cl)c2ccn(-c3cccc(C(F)(F)F)c3)c2CC1. The molecule has 22 heavy (non-hydrogen) atoms. The van der Waals surface area contributed by atoms with Crippen molar-refractivity contribution in [2.75, 3.05) is 0 Å². The van der Waals surface area contributed by atoms with Gasteiger partial charge in [0.25, 0.3) is 0 Å². The van der Waals surface area contributed by atoms with Crippen LogP contribution in [0.15, 0.2) is 42.1 Å². The van der Waals surface area contributed by atoms with Crippen LogP contribution in [0.2, 0.25) is 0 Å². The van der Waals surface area contributed by atoms with Crippen LogP contribution in [-0.2, 0) is 17.4 Å². The molecule has 2 aromatic rings. The highest BCUT2D eigenvalue weighted by molar-refractivity contribution is 6.50. The minimum absolute atomic E-state index is 0.377. The molecule has 0 N–H and O–H groups in total. The average Bonchev–Trinajstić information content (AvgIpc) is 2.92. The molecule has 1 heterocycles. The van der Waals surface area contributed by atoms with E-state index in [0.29, 0.717) is 34.7 Å². The third kappa shape index (κ3) is 2.46. The standard InChI is InChI=1S/C16H11ClF3NO/c17-15-10(9-22)4-5-14-13(15)6-7-21(14)12-3-1-2-11(8-12)16(18,19)20/h1-3,6-9H,4-5H2. The first-order valence-corrected chi connectivity index (χ1v) is 7.01. The zero-order chi connectivity index (χ0) is 15.9. The summed E-state index contributed by atoms with van der Waals surface area (Å²) >= 11 is 6.17. The van der Waals surface area contributed by atoms with Gasteiger partial charge in [0.05, 0.1) is 10.6 Å². The lowest BCUT2D eigenvalue weighted by Gasteiger charge is -2.17. The third-order valence-electron chi connectivity index (χ3n) is 3.74. The number of alkyl halides is 3.